The topological polar surface area (TPSA) is 61.7 Å². The number of anilines is 1. The highest BCUT2D eigenvalue weighted by Gasteiger charge is 2.27. The quantitative estimate of drug-likeness (QED) is 0.379. The molecule has 1 aliphatic rings. The molecule has 0 radical (unpaired) electrons. The number of aldehydes is 1. The van der Waals surface area contributed by atoms with Gasteiger partial charge in [0.05, 0.1) is 0 Å². The highest BCUT2D eigenvalue weighted by molar-refractivity contribution is 6.20. The lowest BCUT2D eigenvalue weighted by atomic mass is 10.1. The normalized spacial score (nSPS) is 22.5. The fourth-order valence-corrected chi connectivity index (χ4v) is 1.45. The van der Waals surface area contributed by atoms with Crippen LogP contribution in [0.15, 0.2) is 29.4 Å². The van der Waals surface area contributed by atoms with Crippen molar-refractivity contribution in [2.75, 3.05) is 5.32 Å². The zero-order valence-corrected chi connectivity index (χ0v) is 6.77. The average molecular weight is 176 g/mol. The van der Waals surface area contributed by atoms with E-state index in [0.29, 0.717) is 5.71 Å². The number of fused-ring (bicyclic) bond motifs is 1. The first-order valence-corrected chi connectivity index (χ1v) is 3.90. The molecule has 66 valence electrons. The number of rotatable bonds is 1. The molecule has 13 heavy (non-hydrogen) atoms. The Morgan fingerprint density at radius 3 is 2.92 bits per heavy atom. The summed E-state index contributed by atoms with van der Waals surface area (Å²) >= 11 is 0. The largest absolute Gasteiger partial charge is 0.411 e. The van der Waals surface area contributed by atoms with E-state index >= 15 is 0 Å². The first-order valence-electron chi connectivity index (χ1n) is 3.90. The van der Waals surface area contributed by atoms with Crippen LogP contribution >= 0.6 is 0 Å². The number of oxime groups is 1. The van der Waals surface area contributed by atoms with E-state index in [4.69, 9.17) is 5.21 Å². The van der Waals surface area contributed by atoms with Crippen LogP contribution in [0.25, 0.3) is 0 Å². The second-order valence-electron chi connectivity index (χ2n) is 2.79. The minimum Gasteiger partial charge on any atom is -0.411 e. The lowest BCUT2D eigenvalue weighted by Crippen LogP contribution is -2.24. The summed E-state index contributed by atoms with van der Waals surface area (Å²) in [7, 11) is 0. The molecule has 1 aromatic carbocycles. The molecule has 0 bridgehead atoms. The molecule has 1 aromatic rings. The third-order valence-corrected chi connectivity index (χ3v) is 2.05. The second-order valence-corrected chi connectivity index (χ2v) is 2.79. The third-order valence-electron chi connectivity index (χ3n) is 2.05. The van der Waals surface area contributed by atoms with Crippen LogP contribution in [0.1, 0.15) is 5.56 Å². The van der Waals surface area contributed by atoms with Crippen LogP contribution in [0.4, 0.5) is 5.69 Å². The van der Waals surface area contributed by atoms with Gasteiger partial charge in [-0.15, -0.1) is 0 Å². The summed E-state index contributed by atoms with van der Waals surface area (Å²) in [6, 6.07) is 6.81. The molecule has 1 heterocycles. The van der Waals surface area contributed by atoms with E-state index in [1.807, 2.05) is 18.2 Å². The van der Waals surface area contributed by atoms with Gasteiger partial charge in [0.1, 0.15) is 18.0 Å². The smallest absolute Gasteiger partial charge is 0.148 e. The van der Waals surface area contributed by atoms with E-state index in [2.05, 4.69) is 10.5 Å². The van der Waals surface area contributed by atoms with Crippen molar-refractivity contribution in [3.63, 3.8) is 0 Å². The van der Waals surface area contributed by atoms with Gasteiger partial charge in [0, 0.05) is 11.3 Å². The van der Waals surface area contributed by atoms with E-state index in [9.17, 15) is 4.79 Å². The van der Waals surface area contributed by atoms with Gasteiger partial charge in [-0.1, -0.05) is 23.4 Å². The zero-order valence-electron chi connectivity index (χ0n) is 6.77. The van der Waals surface area contributed by atoms with Crippen LogP contribution in [0.3, 0.4) is 0 Å². The Labute approximate surface area is 74.9 Å². The summed E-state index contributed by atoms with van der Waals surface area (Å²) in [5, 5.41) is 14.7. The summed E-state index contributed by atoms with van der Waals surface area (Å²) in [6.45, 7) is 0. The maximum Gasteiger partial charge on any atom is 0.148 e. The Kier molecular flexibility index (Phi) is 1.73. The summed E-state index contributed by atoms with van der Waals surface area (Å²) < 4.78 is 0. The first-order chi connectivity index (χ1) is 6.36. The monoisotopic (exact) mass is 176 g/mol. The minimum atomic E-state index is -0.526. The number of nitrogens with zero attached hydrogens (tertiary/aromatic N) is 1. The van der Waals surface area contributed by atoms with Crippen molar-refractivity contribution in [2.24, 2.45) is 5.16 Å². The Balaban J connectivity index is 2.52. The van der Waals surface area contributed by atoms with Crippen molar-refractivity contribution in [3.8, 4) is 0 Å². The zero-order chi connectivity index (χ0) is 9.26. The number of carbonyl (C=O) groups is 1. The van der Waals surface area contributed by atoms with E-state index in [-0.39, 0.29) is 0 Å². The Hall–Kier alpha value is -1.84. The maximum atomic E-state index is 10.6. The molecule has 0 saturated heterocycles. The number of nitrogens with one attached hydrogen (secondary N) is 1. The molecular formula is C9H8N2O2. The molecule has 2 rings (SSSR count). The number of carbonyl (C=O) groups excluding carboxylic acids is 1. The molecule has 0 amide bonds. The molecule has 4 heteroatoms. The maximum absolute atomic E-state index is 10.6. The van der Waals surface area contributed by atoms with Crippen LogP contribution in [-0.2, 0) is 4.79 Å². The summed E-state index contributed by atoms with van der Waals surface area (Å²) in [4.78, 5) is 10.6. The van der Waals surface area contributed by atoms with Gasteiger partial charge in [0.15, 0.2) is 0 Å². The van der Waals surface area contributed by atoms with E-state index < -0.39 is 6.04 Å². The molecule has 1 unspecified atom stereocenters. The highest BCUT2D eigenvalue weighted by atomic mass is 16.4. The standard InChI is InChI=1S/C9H8N2O2/c12-5-8-9(11-13)6-3-1-2-4-7(6)10-8/h1-5,8,10,13H. The van der Waals surface area contributed by atoms with Gasteiger partial charge in [-0.05, 0) is 6.07 Å². The molecule has 0 aromatic heterocycles. The molecule has 4 nitrogen and oxygen atoms in total. The molecule has 2 N–H and O–H groups in total. The summed E-state index contributed by atoms with van der Waals surface area (Å²) in [6.07, 6.45) is 0.717. The van der Waals surface area contributed by atoms with Crippen molar-refractivity contribution in [1.29, 1.82) is 0 Å². The van der Waals surface area contributed by atoms with Crippen LogP contribution in [0.5, 0.6) is 0 Å². The fraction of sp³-hybridized carbons (Fsp3) is 0.111. The Morgan fingerprint density at radius 1 is 1.46 bits per heavy atom. The summed E-state index contributed by atoms with van der Waals surface area (Å²) in [5.41, 5.74) is 1.99. The highest BCUT2D eigenvalue weighted by Crippen LogP contribution is 2.24. The number of hydrogen-bond donors (Lipinski definition) is 2. The van der Waals surface area contributed by atoms with Gasteiger partial charge in [-0.2, -0.15) is 0 Å². The van der Waals surface area contributed by atoms with Crippen molar-refractivity contribution < 1.29 is 10.0 Å². The number of para-hydroxylation sites is 1. The second kappa shape index (κ2) is 2.90. The van der Waals surface area contributed by atoms with Crippen molar-refractivity contribution in [2.45, 2.75) is 6.04 Å². The number of benzene rings is 1. The molecule has 0 fully saturated rings. The number of hydrogen-bond acceptors (Lipinski definition) is 4. The molecule has 0 spiro atoms. The van der Waals surface area contributed by atoms with Gasteiger partial charge in [0.2, 0.25) is 0 Å². The van der Waals surface area contributed by atoms with Crippen molar-refractivity contribution in [1.82, 2.24) is 0 Å². The Bertz CT molecular complexity index is 374. The predicted octanol–water partition coefficient (Wildman–Crippen LogP) is 0.858. The molecule has 0 aliphatic carbocycles. The van der Waals surface area contributed by atoms with Gasteiger partial charge in [-0.3, -0.25) is 0 Å². The predicted molar refractivity (Wildman–Crippen MR) is 48.2 cm³/mol. The molecule has 0 saturated carbocycles. The molecular weight excluding hydrogens is 168 g/mol. The van der Waals surface area contributed by atoms with Crippen LogP contribution in [0.2, 0.25) is 0 Å². The van der Waals surface area contributed by atoms with E-state index in [1.165, 1.54) is 0 Å². The fourth-order valence-electron chi connectivity index (χ4n) is 1.45. The lowest BCUT2D eigenvalue weighted by molar-refractivity contribution is -0.107. The van der Waals surface area contributed by atoms with Gasteiger partial charge in [-0.25, -0.2) is 0 Å². The van der Waals surface area contributed by atoms with Crippen LogP contribution in [-0.4, -0.2) is 23.2 Å². The molecule has 1 atom stereocenters. The average Bonchev–Trinajstić information content (AvgIpc) is 2.55. The van der Waals surface area contributed by atoms with E-state index in [1.54, 1.807) is 6.07 Å². The van der Waals surface area contributed by atoms with Crippen molar-refractivity contribution in [3.05, 3.63) is 29.8 Å². The SMILES string of the molecule is O=CC1Nc2ccccc2C1=NO. The van der Waals surface area contributed by atoms with Crippen molar-refractivity contribution >= 4 is 17.7 Å². The van der Waals surface area contributed by atoms with Gasteiger partial charge < -0.3 is 15.3 Å². The van der Waals surface area contributed by atoms with Crippen LogP contribution < -0.4 is 5.32 Å². The van der Waals surface area contributed by atoms with Gasteiger partial charge in [0.25, 0.3) is 0 Å². The lowest BCUT2D eigenvalue weighted by Gasteiger charge is -2.00. The Morgan fingerprint density at radius 2 is 2.23 bits per heavy atom. The molecule has 1 aliphatic heterocycles. The summed E-state index contributed by atoms with van der Waals surface area (Å²) in [5.74, 6) is 0. The first kappa shape index (κ1) is 7.79. The minimum absolute atomic E-state index is 0.380. The van der Waals surface area contributed by atoms with Gasteiger partial charge >= 0.3 is 0 Å². The van der Waals surface area contributed by atoms with E-state index in [0.717, 1.165) is 17.5 Å². The third kappa shape index (κ3) is 1.07. The van der Waals surface area contributed by atoms with Crippen LogP contribution in [0, 0.1) is 0 Å².